The van der Waals surface area contributed by atoms with Gasteiger partial charge in [-0.2, -0.15) is 0 Å². The standard InChI is InChI=1S/C26H44N2O19/c1-8(32)27-14-10(34)4-26(25(40)41,46-21(14)16(36)11(35)5-29)47-22-17(37)12(6-30)43-24(19(22)39)45-20-13(7-31)44-23(42-3)15(18(20)38)28-9(2)33/h10-24,29-31,34-39H,4-7H2,1-3H3,(H,27,32)(H,28,33)(H,40,41)/p-1/t10?,11-,12?,13?,14?,15?,16-,17?,18?,19?,20?,21?,22?,23?,24?,26?/m1/s1. The molecule has 21 heteroatoms. The molecule has 3 rings (SSSR count). The van der Waals surface area contributed by atoms with Crippen LogP contribution < -0.4 is 15.7 Å². The molecule has 11 N–H and O–H groups in total. The van der Waals surface area contributed by atoms with E-state index >= 15 is 0 Å². The molecule has 3 aliphatic heterocycles. The van der Waals surface area contributed by atoms with Gasteiger partial charge in [0, 0.05) is 27.4 Å². The highest BCUT2D eigenvalue weighted by atomic mass is 16.8. The van der Waals surface area contributed by atoms with Crippen molar-refractivity contribution in [3.05, 3.63) is 0 Å². The third kappa shape index (κ3) is 8.52. The molecule has 47 heavy (non-hydrogen) atoms. The van der Waals surface area contributed by atoms with Crippen molar-refractivity contribution in [1.29, 1.82) is 0 Å². The normalized spacial score (nSPS) is 42.3. The molecule has 3 fully saturated rings. The van der Waals surface area contributed by atoms with Gasteiger partial charge in [-0.1, -0.05) is 0 Å². The molecule has 0 aromatic heterocycles. The third-order valence-corrected chi connectivity index (χ3v) is 8.07. The van der Waals surface area contributed by atoms with Crippen molar-refractivity contribution < 1.29 is 93.9 Å². The first kappa shape index (κ1) is 39.3. The predicted octanol–water partition coefficient (Wildman–Crippen LogP) is -8.76. The molecule has 16 atom stereocenters. The van der Waals surface area contributed by atoms with E-state index in [-0.39, 0.29) is 0 Å². The maximum atomic E-state index is 12.6. The minimum absolute atomic E-state index is 0.607. The van der Waals surface area contributed by atoms with Crippen LogP contribution in [0.4, 0.5) is 0 Å². The number of nitrogens with one attached hydrogen (secondary N) is 2. The lowest BCUT2D eigenvalue weighted by molar-refractivity contribution is -0.410. The first-order valence-electron chi connectivity index (χ1n) is 14.6. The molecule has 0 spiro atoms. The van der Waals surface area contributed by atoms with Crippen LogP contribution in [0.5, 0.6) is 0 Å². The molecule has 21 nitrogen and oxygen atoms in total. The molecular formula is C26H43N2O19-. The van der Waals surface area contributed by atoms with Crippen molar-refractivity contribution in [1.82, 2.24) is 10.6 Å². The number of carbonyl (C=O) groups is 3. The van der Waals surface area contributed by atoms with Crippen molar-refractivity contribution in [2.75, 3.05) is 26.9 Å². The van der Waals surface area contributed by atoms with E-state index in [0.29, 0.717) is 0 Å². The van der Waals surface area contributed by atoms with Gasteiger partial charge >= 0.3 is 0 Å². The lowest BCUT2D eigenvalue weighted by atomic mass is 9.88. The second-order valence-corrected chi connectivity index (χ2v) is 11.4. The number of rotatable bonds is 13. The number of aliphatic hydroxyl groups is 9. The smallest absolute Gasteiger partial charge is 0.217 e. The Morgan fingerprint density at radius 3 is 1.96 bits per heavy atom. The van der Waals surface area contributed by atoms with Gasteiger partial charge in [0.2, 0.25) is 17.6 Å². The molecule has 3 saturated heterocycles. The van der Waals surface area contributed by atoms with Gasteiger partial charge in [-0.15, -0.1) is 0 Å². The summed E-state index contributed by atoms with van der Waals surface area (Å²) in [6.07, 6.45) is -25.0. The summed E-state index contributed by atoms with van der Waals surface area (Å²) in [7, 11) is 1.20. The minimum atomic E-state index is -3.13. The predicted molar refractivity (Wildman–Crippen MR) is 144 cm³/mol. The number of hydrogen-bond donors (Lipinski definition) is 11. The highest BCUT2D eigenvalue weighted by Crippen LogP contribution is 2.38. The van der Waals surface area contributed by atoms with Crippen LogP contribution in [0.3, 0.4) is 0 Å². The molecule has 272 valence electrons. The highest BCUT2D eigenvalue weighted by molar-refractivity contribution is 5.75. The maximum absolute atomic E-state index is 12.6. The summed E-state index contributed by atoms with van der Waals surface area (Å²) in [4.78, 5) is 36.1. The van der Waals surface area contributed by atoms with Crippen molar-refractivity contribution in [2.45, 2.75) is 118 Å². The number of hydrogen-bond acceptors (Lipinski definition) is 19. The molecule has 2 amide bonds. The van der Waals surface area contributed by atoms with Gasteiger partial charge in [0.25, 0.3) is 0 Å². The number of amides is 2. The number of ether oxygens (including phenoxy) is 6. The zero-order chi connectivity index (χ0) is 35.4. The van der Waals surface area contributed by atoms with Crippen LogP contribution in [0.1, 0.15) is 20.3 Å². The zero-order valence-corrected chi connectivity index (χ0v) is 25.6. The number of aliphatic hydroxyl groups excluding tert-OH is 9. The van der Waals surface area contributed by atoms with E-state index in [2.05, 4.69) is 10.6 Å². The fraction of sp³-hybridized carbons (Fsp3) is 0.885. The van der Waals surface area contributed by atoms with Gasteiger partial charge in [-0.25, -0.2) is 0 Å². The van der Waals surface area contributed by atoms with Crippen molar-refractivity contribution in [2.24, 2.45) is 0 Å². The molecule has 3 heterocycles. The maximum Gasteiger partial charge on any atom is 0.217 e. The summed E-state index contributed by atoms with van der Waals surface area (Å²) < 4.78 is 32.9. The summed E-state index contributed by atoms with van der Waals surface area (Å²) >= 11 is 0. The number of carboxylic acid groups (broad SMARTS) is 1. The Labute approximate surface area is 267 Å². The quantitative estimate of drug-likeness (QED) is 0.0856. The van der Waals surface area contributed by atoms with Gasteiger partial charge in [0.1, 0.15) is 73.1 Å². The van der Waals surface area contributed by atoms with E-state index in [0.717, 1.165) is 13.8 Å². The average molecular weight is 688 g/mol. The first-order valence-corrected chi connectivity index (χ1v) is 14.6. The Bertz CT molecular complexity index is 1070. The second-order valence-electron chi connectivity index (χ2n) is 11.4. The molecule has 0 radical (unpaired) electrons. The molecule has 0 aliphatic carbocycles. The topological polar surface area (TPSA) is 336 Å². The number of carbonyl (C=O) groups excluding carboxylic acids is 3. The van der Waals surface area contributed by atoms with Gasteiger partial charge in [0.15, 0.2) is 12.6 Å². The summed E-state index contributed by atoms with van der Waals surface area (Å²) in [5.41, 5.74) is 0. The van der Waals surface area contributed by atoms with Gasteiger partial charge in [0.05, 0.1) is 32.0 Å². The Morgan fingerprint density at radius 1 is 0.872 bits per heavy atom. The van der Waals surface area contributed by atoms with Crippen LogP contribution >= 0.6 is 0 Å². The Balaban J connectivity index is 1.96. The van der Waals surface area contributed by atoms with E-state index in [1.54, 1.807) is 0 Å². The summed E-state index contributed by atoms with van der Waals surface area (Å²) in [6, 6.07) is -2.84. The molecule has 0 aromatic carbocycles. The SMILES string of the molecule is COC1OC(CO)C(OC2OC(CO)C(O)C(OC3(C(=O)[O-])CC(O)C(NC(C)=O)C([C@H](O)[C@H](O)CO)O3)C2O)C(O)C1NC(C)=O. The number of aliphatic carboxylic acids is 1. The Kier molecular flexibility index (Phi) is 13.8. The Morgan fingerprint density at radius 2 is 1.45 bits per heavy atom. The van der Waals surface area contributed by atoms with E-state index in [4.69, 9.17) is 28.4 Å². The van der Waals surface area contributed by atoms with Gasteiger partial charge in [-0.3, -0.25) is 9.59 Å². The molecular weight excluding hydrogens is 644 g/mol. The van der Waals surface area contributed by atoms with Crippen molar-refractivity contribution in [3.63, 3.8) is 0 Å². The van der Waals surface area contributed by atoms with Crippen molar-refractivity contribution in [3.8, 4) is 0 Å². The average Bonchev–Trinajstić information content (AvgIpc) is 3.02. The number of methoxy groups -OCH3 is 1. The Hall–Kier alpha value is -2.19. The van der Waals surface area contributed by atoms with E-state index in [1.807, 2.05) is 0 Å². The second kappa shape index (κ2) is 16.5. The number of carboxylic acids is 1. The van der Waals surface area contributed by atoms with E-state index in [1.165, 1.54) is 7.11 Å². The molecule has 0 bridgehead atoms. The summed E-state index contributed by atoms with van der Waals surface area (Å²) in [5, 5.41) is 111. The fourth-order valence-corrected chi connectivity index (χ4v) is 5.74. The van der Waals surface area contributed by atoms with Crippen LogP contribution in [-0.2, 0) is 42.8 Å². The first-order chi connectivity index (χ1) is 22.0. The molecule has 3 aliphatic rings. The minimum Gasteiger partial charge on any atom is -0.544 e. The van der Waals surface area contributed by atoms with E-state index in [9.17, 15) is 65.4 Å². The van der Waals surface area contributed by atoms with Crippen LogP contribution in [0.15, 0.2) is 0 Å². The highest BCUT2D eigenvalue weighted by Gasteiger charge is 2.57. The van der Waals surface area contributed by atoms with Gasteiger partial charge in [-0.05, 0) is 0 Å². The third-order valence-electron chi connectivity index (χ3n) is 8.07. The summed E-state index contributed by atoms with van der Waals surface area (Å²) in [5.74, 6) is -6.71. The molecule has 14 unspecified atom stereocenters. The van der Waals surface area contributed by atoms with Crippen LogP contribution in [0.2, 0.25) is 0 Å². The molecule has 0 aromatic rings. The van der Waals surface area contributed by atoms with Gasteiger partial charge < -0.3 is 94.9 Å². The summed E-state index contributed by atoms with van der Waals surface area (Å²) in [6.45, 7) is -0.653. The fourth-order valence-electron chi connectivity index (χ4n) is 5.74. The lowest BCUT2D eigenvalue weighted by Gasteiger charge is -2.52. The van der Waals surface area contributed by atoms with E-state index < -0.39 is 142 Å². The van der Waals surface area contributed by atoms with Crippen LogP contribution in [0.25, 0.3) is 0 Å². The zero-order valence-electron chi connectivity index (χ0n) is 25.6. The van der Waals surface area contributed by atoms with Crippen LogP contribution in [0, 0.1) is 0 Å². The molecule has 0 saturated carbocycles. The largest absolute Gasteiger partial charge is 0.544 e. The van der Waals surface area contributed by atoms with Crippen LogP contribution in [-0.4, -0.2) is 188 Å². The monoisotopic (exact) mass is 687 g/mol. The lowest BCUT2D eigenvalue weighted by Crippen LogP contribution is -2.72. The van der Waals surface area contributed by atoms with Crippen molar-refractivity contribution >= 4 is 17.8 Å².